The van der Waals surface area contributed by atoms with E-state index in [1.165, 1.54) is 6.33 Å². The molecule has 1 unspecified atom stereocenters. The van der Waals surface area contributed by atoms with Crippen molar-refractivity contribution >= 4 is 22.6 Å². The number of rotatable bonds is 1. The molecule has 0 aliphatic carbocycles. The molecule has 17 heavy (non-hydrogen) atoms. The maximum absolute atomic E-state index is 6.07. The first-order valence-electron chi connectivity index (χ1n) is 5.74. The Labute approximate surface area is 104 Å². The highest BCUT2D eigenvalue weighted by Crippen LogP contribution is 2.29. The fourth-order valence-electron chi connectivity index (χ4n) is 2.22. The van der Waals surface area contributed by atoms with Gasteiger partial charge in [-0.05, 0) is 26.2 Å². The molecule has 2 aromatic rings. The largest absolute Gasteiger partial charge is 0.356 e. The smallest absolute Gasteiger partial charge is 0.165 e. The molecule has 5 nitrogen and oxygen atoms in total. The molecule has 1 aliphatic rings. The van der Waals surface area contributed by atoms with Crippen LogP contribution in [0.15, 0.2) is 6.33 Å². The molecule has 0 N–H and O–H groups in total. The van der Waals surface area contributed by atoms with E-state index in [9.17, 15) is 0 Å². The third kappa shape index (κ3) is 1.79. The highest BCUT2D eigenvalue weighted by Gasteiger charge is 2.21. The standard InChI is InChI=1S/C11H13ClN4O/c1-7-9-10(12)13-6-14-11(9)16(15-7)8-4-2-3-5-17-8/h6,8H,2-5H2,1H3. The van der Waals surface area contributed by atoms with Crippen LogP contribution in [0.1, 0.15) is 31.2 Å². The lowest BCUT2D eigenvalue weighted by Gasteiger charge is -2.22. The second-order valence-electron chi connectivity index (χ2n) is 4.21. The number of hydrogen-bond donors (Lipinski definition) is 0. The number of nitrogens with zero attached hydrogens (tertiary/aromatic N) is 4. The van der Waals surface area contributed by atoms with Gasteiger partial charge in [-0.2, -0.15) is 5.10 Å². The van der Waals surface area contributed by atoms with Crippen molar-refractivity contribution in [3.05, 3.63) is 17.2 Å². The Kier molecular flexibility index (Phi) is 2.72. The number of aromatic nitrogens is 4. The second-order valence-corrected chi connectivity index (χ2v) is 4.57. The predicted molar refractivity (Wildman–Crippen MR) is 63.9 cm³/mol. The average molecular weight is 253 g/mol. The molecule has 0 aromatic carbocycles. The van der Waals surface area contributed by atoms with Crippen LogP contribution in [0.5, 0.6) is 0 Å². The summed E-state index contributed by atoms with van der Waals surface area (Å²) in [5, 5.41) is 5.75. The lowest BCUT2D eigenvalue weighted by Crippen LogP contribution is -2.19. The molecule has 3 rings (SSSR count). The van der Waals surface area contributed by atoms with E-state index < -0.39 is 0 Å². The predicted octanol–water partition coefficient (Wildman–Crippen LogP) is 2.49. The first kappa shape index (κ1) is 10.9. The van der Waals surface area contributed by atoms with E-state index in [0.717, 1.165) is 42.6 Å². The van der Waals surface area contributed by atoms with E-state index in [4.69, 9.17) is 16.3 Å². The summed E-state index contributed by atoms with van der Waals surface area (Å²) < 4.78 is 7.55. The number of ether oxygens (including phenoxy) is 1. The van der Waals surface area contributed by atoms with Crippen LogP contribution in [0.4, 0.5) is 0 Å². The van der Waals surface area contributed by atoms with Gasteiger partial charge in [0.05, 0.1) is 11.1 Å². The van der Waals surface area contributed by atoms with Crippen LogP contribution in [0.25, 0.3) is 11.0 Å². The molecule has 6 heteroatoms. The Morgan fingerprint density at radius 2 is 2.29 bits per heavy atom. The van der Waals surface area contributed by atoms with Crippen molar-refractivity contribution in [2.45, 2.75) is 32.4 Å². The van der Waals surface area contributed by atoms with Gasteiger partial charge in [-0.1, -0.05) is 11.6 Å². The maximum atomic E-state index is 6.07. The summed E-state index contributed by atoms with van der Waals surface area (Å²) in [4.78, 5) is 8.25. The van der Waals surface area contributed by atoms with E-state index in [-0.39, 0.29) is 6.23 Å². The molecule has 1 fully saturated rings. The summed E-state index contributed by atoms with van der Waals surface area (Å²) >= 11 is 6.07. The highest BCUT2D eigenvalue weighted by atomic mass is 35.5. The lowest BCUT2D eigenvalue weighted by molar-refractivity contribution is -0.0371. The van der Waals surface area contributed by atoms with Crippen LogP contribution in [0, 0.1) is 6.92 Å². The second kappa shape index (κ2) is 4.23. The van der Waals surface area contributed by atoms with Crippen molar-refractivity contribution in [2.75, 3.05) is 6.61 Å². The molecule has 1 atom stereocenters. The molecule has 0 bridgehead atoms. The number of aryl methyl sites for hydroxylation is 1. The van der Waals surface area contributed by atoms with Crippen LogP contribution in [0.3, 0.4) is 0 Å². The molecule has 3 heterocycles. The van der Waals surface area contributed by atoms with Gasteiger partial charge < -0.3 is 4.74 Å². The molecule has 90 valence electrons. The molecular weight excluding hydrogens is 240 g/mol. The Balaban J connectivity index is 2.13. The summed E-state index contributed by atoms with van der Waals surface area (Å²) in [5.74, 6) is 0. The Morgan fingerprint density at radius 3 is 3.06 bits per heavy atom. The van der Waals surface area contributed by atoms with Gasteiger partial charge in [0.25, 0.3) is 0 Å². The summed E-state index contributed by atoms with van der Waals surface area (Å²) in [5.41, 5.74) is 1.61. The van der Waals surface area contributed by atoms with Crippen molar-refractivity contribution in [2.24, 2.45) is 0 Å². The van der Waals surface area contributed by atoms with Crippen molar-refractivity contribution < 1.29 is 4.74 Å². The SMILES string of the molecule is Cc1nn(C2CCCCO2)c2ncnc(Cl)c12. The van der Waals surface area contributed by atoms with Gasteiger partial charge in [-0.15, -0.1) is 0 Å². The zero-order chi connectivity index (χ0) is 11.8. The van der Waals surface area contributed by atoms with Gasteiger partial charge in [0, 0.05) is 6.61 Å². The third-order valence-corrected chi connectivity index (χ3v) is 3.33. The average Bonchev–Trinajstić information content (AvgIpc) is 2.69. The van der Waals surface area contributed by atoms with Crippen LogP contribution >= 0.6 is 11.6 Å². The fourth-order valence-corrected chi connectivity index (χ4v) is 2.48. The number of fused-ring (bicyclic) bond motifs is 1. The minimum atomic E-state index is -0.0223. The highest BCUT2D eigenvalue weighted by molar-refractivity contribution is 6.34. The quantitative estimate of drug-likeness (QED) is 0.732. The van der Waals surface area contributed by atoms with Crippen LogP contribution in [-0.4, -0.2) is 26.4 Å². The van der Waals surface area contributed by atoms with Gasteiger partial charge in [0.2, 0.25) is 0 Å². The van der Waals surface area contributed by atoms with Gasteiger partial charge in [0.1, 0.15) is 11.5 Å². The monoisotopic (exact) mass is 252 g/mol. The van der Waals surface area contributed by atoms with Crippen molar-refractivity contribution in [1.29, 1.82) is 0 Å². The van der Waals surface area contributed by atoms with Crippen LogP contribution in [0.2, 0.25) is 5.15 Å². The topological polar surface area (TPSA) is 52.8 Å². The van der Waals surface area contributed by atoms with Crippen LogP contribution in [-0.2, 0) is 4.74 Å². The number of hydrogen-bond acceptors (Lipinski definition) is 4. The van der Waals surface area contributed by atoms with E-state index in [2.05, 4.69) is 15.1 Å². The van der Waals surface area contributed by atoms with E-state index in [1.807, 2.05) is 11.6 Å². The zero-order valence-corrected chi connectivity index (χ0v) is 10.3. The van der Waals surface area contributed by atoms with Gasteiger partial charge in [0.15, 0.2) is 11.9 Å². The molecule has 0 amide bonds. The Bertz CT molecular complexity index is 548. The minimum Gasteiger partial charge on any atom is -0.356 e. The summed E-state index contributed by atoms with van der Waals surface area (Å²) in [6.45, 7) is 2.70. The minimum absolute atomic E-state index is 0.0223. The van der Waals surface area contributed by atoms with Gasteiger partial charge in [-0.3, -0.25) is 0 Å². The normalized spacial score (nSPS) is 20.9. The molecule has 2 aromatic heterocycles. The molecule has 1 aliphatic heterocycles. The first-order valence-corrected chi connectivity index (χ1v) is 6.12. The summed E-state index contributed by atoms with van der Waals surface area (Å²) in [7, 11) is 0. The van der Waals surface area contributed by atoms with Crippen molar-refractivity contribution in [3.63, 3.8) is 0 Å². The first-order chi connectivity index (χ1) is 8.27. The molecular formula is C11H13ClN4O. The van der Waals surface area contributed by atoms with Crippen molar-refractivity contribution in [3.8, 4) is 0 Å². The molecule has 1 saturated heterocycles. The van der Waals surface area contributed by atoms with Gasteiger partial charge >= 0.3 is 0 Å². The lowest BCUT2D eigenvalue weighted by atomic mass is 10.2. The summed E-state index contributed by atoms with van der Waals surface area (Å²) in [6.07, 6.45) is 4.68. The molecule has 0 saturated carbocycles. The zero-order valence-electron chi connectivity index (χ0n) is 9.56. The van der Waals surface area contributed by atoms with E-state index in [1.54, 1.807) is 0 Å². The summed E-state index contributed by atoms with van der Waals surface area (Å²) in [6, 6.07) is 0. The molecule has 0 radical (unpaired) electrons. The van der Waals surface area contributed by atoms with E-state index in [0.29, 0.717) is 5.15 Å². The third-order valence-electron chi connectivity index (χ3n) is 3.05. The fraction of sp³-hybridized carbons (Fsp3) is 0.545. The van der Waals surface area contributed by atoms with E-state index >= 15 is 0 Å². The molecule has 0 spiro atoms. The van der Waals surface area contributed by atoms with Crippen LogP contribution < -0.4 is 0 Å². The Morgan fingerprint density at radius 1 is 1.41 bits per heavy atom. The van der Waals surface area contributed by atoms with Crippen molar-refractivity contribution in [1.82, 2.24) is 19.7 Å². The van der Waals surface area contributed by atoms with Gasteiger partial charge in [-0.25, -0.2) is 14.6 Å². The maximum Gasteiger partial charge on any atom is 0.165 e. The number of halogens is 1. The Hall–Kier alpha value is -1.20.